The highest BCUT2D eigenvalue weighted by atomic mass is 16.7. The molecule has 1 rings (SSSR count). The SMILES string of the molecule is CCCCCOC(CC(C)C)(OC(=O)NCC1(CC(=O)OC)CCCCC1)C(C)C. The van der Waals surface area contributed by atoms with Crippen LogP contribution in [0.4, 0.5) is 4.79 Å². The monoisotopic (exact) mass is 427 g/mol. The van der Waals surface area contributed by atoms with Gasteiger partial charge in [0.1, 0.15) is 0 Å². The molecule has 1 fully saturated rings. The molecule has 0 saturated heterocycles. The van der Waals surface area contributed by atoms with E-state index in [9.17, 15) is 9.59 Å². The van der Waals surface area contributed by atoms with Crippen molar-refractivity contribution in [1.82, 2.24) is 5.32 Å². The molecular weight excluding hydrogens is 382 g/mol. The summed E-state index contributed by atoms with van der Waals surface area (Å²) in [5.41, 5.74) is -0.245. The Kier molecular flexibility index (Phi) is 11.7. The van der Waals surface area contributed by atoms with Crippen molar-refractivity contribution in [2.75, 3.05) is 20.3 Å². The number of unbranched alkanes of at least 4 members (excludes halogenated alkanes) is 2. The number of alkyl carbamates (subject to hydrolysis) is 1. The minimum absolute atomic E-state index is 0.0333. The fraction of sp³-hybridized carbons (Fsp3) is 0.917. The number of hydrogen-bond donors (Lipinski definition) is 1. The number of amides is 1. The quantitative estimate of drug-likeness (QED) is 0.227. The summed E-state index contributed by atoms with van der Waals surface area (Å²) in [6.45, 7) is 11.5. The van der Waals surface area contributed by atoms with Gasteiger partial charge in [-0.25, -0.2) is 4.79 Å². The Labute approximate surface area is 183 Å². The summed E-state index contributed by atoms with van der Waals surface area (Å²) in [5, 5.41) is 2.96. The molecule has 0 bridgehead atoms. The van der Waals surface area contributed by atoms with Gasteiger partial charge < -0.3 is 19.5 Å². The van der Waals surface area contributed by atoms with Crippen LogP contribution in [0.3, 0.4) is 0 Å². The van der Waals surface area contributed by atoms with Crippen LogP contribution < -0.4 is 5.32 Å². The second-order valence-electron chi connectivity index (χ2n) is 9.68. The molecule has 0 aromatic carbocycles. The molecule has 0 heterocycles. The van der Waals surface area contributed by atoms with Crippen LogP contribution in [-0.4, -0.2) is 38.1 Å². The average Bonchev–Trinajstić information content (AvgIpc) is 2.69. The van der Waals surface area contributed by atoms with E-state index >= 15 is 0 Å². The number of methoxy groups -OCH3 is 1. The van der Waals surface area contributed by atoms with Crippen LogP contribution in [0.15, 0.2) is 0 Å². The second-order valence-corrected chi connectivity index (χ2v) is 9.68. The number of carbonyl (C=O) groups excluding carboxylic acids is 2. The molecule has 1 saturated carbocycles. The molecule has 6 nitrogen and oxygen atoms in total. The molecule has 1 atom stereocenters. The van der Waals surface area contributed by atoms with Gasteiger partial charge in [0.2, 0.25) is 5.79 Å². The number of rotatable bonds is 13. The molecule has 0 aromatic rings. The van der Waals surface area contributed by atoms with Crippen molar-refractivity contribution in [1.29, 1.82) is 0 Å². The highest BCUT2D eigenvalue weighted by Gasteiger charge is 2.41. The lowest BCUT2D eigenvalue weighted by atomic mass is 9.72. The van der Waals surface area contributed by atoms with Crippen LogP contribution in [0.1, 0.15) is 98.8 Å². The Morgan fingerprint density at radius 3 is 2.27 bits per heavy atom. The summed E-state index contributed by atoms with van der Waals surface area (Å²) in [5.74, 6) is -0.794. The van der Waals surface area contributed by atoms with Crippen molar-refractivity contribution >= 4 is 12.1 Å². The lowest BCUT2D eigenvalue weighted by molar-refractivity contribution is -0.237. The first-order valence-corrected chi connectivity index (χ1v) is 11.9. The Hall–Kier alpha value is -1.30. The first kappa shape index (κ1) is 26.7. The van der Waals surface area contributed by atoms with Crippen LogP contribution in [0.5, 0.6) is 0 Å². The molecule has 6 heteroatoms. The third-order valence-corrected chi connectivity index (χ3v) is 6.20. The third kappa shape index (κ3) is 8.83. The summed E-state index contributed by atoms with van der Waals surface area (Å²) in [7, 11) is 1.42. The van der Waals surface area contributed by atoms with Gasteiger partial charge in [-0.15, -0.1) is 0 Å². The van der Waals surface area contributed by atoms with Gasteiger partial charge in [0.05, 0.1) is 20.1 Å². The van der Waals surface area contributed by atoms with E-state index < -0.39 is 11.9 Å². The van der Waals surface area contributed by atoms with Crippen molar-refractivity contribution in [3.8, 4) is 0 Å². The van der Waals surface area contributed by atoms with Crippen LogP contribution in [0.2, 0.25) is 0 Å². The van der Waals surface area contributed by atoms with Crippen molar-refractivity contribution in [2.24, 2.45) is 17.3 Å². The molecule has 0 spiro atoms. The average molecular weight is 428 g/mol. The maximum atomic E-state index is 12.8. The van der Waals surface area contributed by atoms with Crippen LogP contribution >= 0.6 is 0 Å². The Morgan fingerprint density at radius 1 is 1.07 bits per heavy atom. The van der Waals surface area contributed by atoms with Crippen LogP contribution in [0.25, 0.3) is 0 Å². The number of hydrogen-bond acceptors (Lipinski definition) is 5. The van der Waals surface area contributed by atoms with Gasteiger partial charge in [-0.05, 0) is 30.6 Å². The zero-order valence-corrected chi connectivity index (χ0v) is 20.2. The summed E-state index contributed by atoms with van der Waals surface area (Å²) in [4.78, 5) is 24.8. The first-order valence-electron chi connectivity index (χ1n) is 11.9. The molecule has 0 aromatic heterocycles. The number of esters is 1. The highest BCUT2D eigenvalue weighted by Crippen LogP contribution is 2.39. The molecule has 0 radical (unpaired) electrons. The Bertz CT molecular complexity index is 514. The van der Waals surface area contributed by atoms with E-state index in [1.165, 1.54) is 13.5 Å². The lowest BCUT2D eigenvalue weighted by Crippen LogP contribution is -2.49. The molecular formula is C24H45NO5. The molecule has 1 unspecified atom stereocenters. The maximum Gasteiger partial charge on any atom is 0.409 e. The molecule has 1 N–H and O–H groups in total. The topological polar surface area (TPSA) is 73.9 Å². The minimum Gasteiger partial charge on any atom is -0.469 e. The normalized spacial score (nSPS) is 18.1. The summed E-state index contributed by atoms with van der Waals surface area (Å²) in [6, 6.07) is 0. The molecule has 1 aliphatic carbocycles. The summed E-state index contributed by atoms with van der Waals surface area (Å²) in [6.07, 6.45) is 8.82. The zero-order chi connectivity index (χ0) is 22.6. The summed E-state index contributed by atoms with van der Waals surface area (Å²) < 4.78 is 17.1. The Morgan fingerprint density at radius 2 is 1.73 bits per heavy atom. The van der Waals surface area contributed by atoms with E-state index in [-0.39, 0.29) is 17.3 Å². The van der Waals surface area contributed by atoms with Crippen molar-refractivity contribution in [2.45, 2.75) is 105 Å². The van der Waals surface area contributed by atoms with E-state index in [1.807, 2.05) is 13.8 Å². The summed E-state index contributed by atoms with van der Waals surface area (Å²) >= 11 is 0. The van der Waals surface area contributed by atoms with E-state index in [0.717, 1.165) is 44.9 Å². The van der Waals surface area contributed by atoms with Gasteiger partial charge in [-0.3, -0.25) is 4.79 Å². The number of carbonyl (C=O) groups is 2. The predicted molar refractivity (Wildman–Crippen MR) is 119 cm³/mol. The molecule has 0 aliphatic heterocycles. The number of nitrogens with one attached hydrogen (secondary N) is 1. The minimum atomic E-state index is -0.936. The van der Waals surface area contributed by atoms with Gasteiger partial charge in [0.15, 0.2) is 0 Å². The van der Waals surface area contributed by atoms with Crippen molar-refractivity contribution < 1.29 is 23.8 Å². The second kappa shape index (κ2) is 13.2. The predicted octanol–water partition coefficient (Wildman–Crippen LogP) is 5.83. The molecule has 30 heavy (non-hydrogen) atoms. The van der Waals surface area contributed by atoms with Gasteiger partial charge in [-0.2, -0.15) is 0 Å². The lowest BCUT2D eigenvalue weighted by Gasteiger charge is -2.39. The largest absolute Gasteiger partial charge is 0.469 e. The first-order chi connectivity index (χ1) is 14.2. The third-order valence-electron chi connectivity index (χ3n) is 6.20. The standard InChI is InChI=1S/C24H45NO5/c1-7-8-12-15-29-24(20(4)5,16-19(2)3)30-22(27)25-18-23(17-21(26)28-6)13-10-9-11-14-23/h19-20H,7-18H2,1-6H3,(H,25,27). The van der Waals surface area contributed by atoms with E-state index in [2.05, 4.69) is 26.1 Å². The molecule has 1 amide bonds. The van der Waals surface area contributed by atoms with Crippen LogP contribution in [-0.2, 0) is 19.0 Å². The zero-order valence-electron chi connectivity index (χ0n) is 20.2. The number of ether oxygens (including phenoxy) is 3. The van der Waals surface area contributed by atoms with Crippen LogP contribution in [0, 0.1) is 17.3 Å². The van der Waals surface area contributed by atoms with Crippen molar-refractivity contribution in [3.63, 3.8) is 0 Å². The van der Waals surface area contributed by atoms with E-state index in [0.29, 0.717) is 31.9 Å². The van der Waals surface area contributed by atoms with Gasteiger partial charge in [0.25, 0.3) is 0 Å². The highest BCUT2D eigenvalue weighted by molar-refractivity contribution is 5.71. The van der Waals surface area contributed by atoms with Gasteiger partial charge >= 0.3 is 12.1 Å². The van der Waals surface area contributed by atoms with Crippen molar-refractivity contribution in [3.05, 3.63) is 0 Å². The Balaban J connectivity index is 2.81. The van der Waals surface area contributed by atoms with Gasteiger partial charge in [-0.1, -0.05) is 66.7 Å². The molecule has 1 aliphatic rings. The fourth-order valence-electron chi connectivity index (χ4n) is 4.37. The molecule has 176 valence electrons. The van der Waals surface area contributed by atoms with Gasteiger partial charge in [0, 0.05) is 18.9 Å². The van der Waals surface area contributed by atoms with E-state index in [4.69, 9.17) is 14.2 Å². The smallest absolute Gasteiger partial charge is 0.409 e. The van der Waals surface area contributed by atoms with E-state index in [1.54, 1.807) is 0 Å². The fourth-order valence-corrected chi connectivity index (χ4v) is 4.37. The maximum absolute atomic E-state index is 12.8.